The number of benzene rings is 2. The molecule has 2 aromatic carbocycles. The molecule has 0 heterocycles. The number of nitrogens with zero attached hydrogens (tertiary/aromatic N) is 1. The smallest absolute Gasteiger partial charge is 0.271 e. The van der Waals surface area contributed by atoms with Gasteiger partial charge in [-0.3, -0.25) is 4.79 Å². The van der Waals surface area contributed by atoms with E-state index in [-0.39, 0.29) is 17.1 Å². The van der Waals surface area contributed by atoms with Crippen LogP contribution in [0.1, 0.15) is 15.9 Å². The average molecular weight is 288 g/mol. The molecule has 108 valence electrons. The summed E-state index contributed by atoms with van der Waals surface area (Å²) in [4.78, 5) is 11.7. The number of hydrazone groups is 1. The van der Waals surface area contributed by atoms with Gasteiger partial charge in [0.2, 0.25) is 0 Å². The lowest BCUT2D eigenvalue weighted by molar-refractivity contribution is 0.0955. The number of phenols is 4. The van der Waals surface area contributed by atoms with E-state index in [9.17, 15) is 15.0 Å². The molecule has 5 N–H and O–H groups in total. The van der Waals surface area contributed by atoms with E-state index in [1.807, 2.05) is 0 Å². The Kier molecular flexibility index (Phi) is 3.94. The van der Waals surface area contributed by atoms with Gasteiger partial charge in [0.25, 0.3) is 5.91 Å². The predicted octanol–water partition coefficient (Wildman–Crippen LogP) is 1.27. The van der Waals surface area contributed by atoms with E-state index in [0.29, 0.717) is 5.56 Å². The van der Waals surface area contributed by atoms with Gasteiger partial charge in [-0.15, -0.1) is 0 Å². The van der Waals surface area contributed by atoms with Crippen molar-refractivity contribution in [2.45, 2.75) is 0 Å². The van der Waals surface area contributed by atoms with Gasteiger partial charge in [-0.05, 0) is 30.3 Å². The van der Waals surface area contributed by atoms with Crippen molar-refractivity contribution in [3.8, 4) is 23.0 Å². The first-order chi connectivity index (χ1) is 9.97. The zero-order valence-corrected chi connectivity index (χ0v) is 10.7. The Morgan fingerprint density at radius 3 is 2.24 bits per heavy atom. The van der Waals surface area contributed by atoms with E-state index in [4.69, 9.17) is 10.2 Å². The second-order valence-corrected chi connectivity index (χ2v) is 4.15. The van der Waals surface area contributed by atoms with Gasteiger partial charge in [-0.2, -0.15) is 5.10 Å². The van der Waals surface area contributed by atoms with Crippen LogP contribution in [-0.4, -0.2) is 32.5 Å². The minimum absolute atomic E-state index is 0.0412. The summed E-state index contributed by atoms with van der Waals surface area (Å²) < 4.78 is 0. The van der Waals surface area contributed by atoms with Crippen LogP contribution in [0.15, 0.2) is 41.5 Å². The molecule has 0 aliphatic rings. The number of rotatable bonds is 3. The van der Waals surface area contributed by atoms with E-state index in [1.54, 1.807) is 0 Å². The molecule has 21 heavy (non-hydrogen) atoms. The Balaban J connectivity index is 2.07. The maximum Gasteiger partial charge on any atom is 0.271 e. The molecule has 0 atom stereocenters. The first-order valence-corrected chi connectivity index (χ1v) is 5.85. The topological polar surface area (TPSA) is 122 Å². The third-order valence-electron chi connectivity index (χ3n) is 2.62. The zero-order valence-electron chi connectivity index (χ0n) is 10.7. The number of phenolic OH excluding ortho intramolecular Hbond substituents is 4. The fraction of sp³-hybridized carbons (Fsp3) is 0. The van der Waals surface area contributed by atoms with E-state index in [1.165, 1.54) is 24.3 Å². The standard InChI is InChI=1S/C14H12N2O5/c17-10-3-1-8(2-4-10)14(21)16-15-7-9-5-12(19)13(20)6-11(9)18/h1-7,17-20H,(H,16,21). The molecule has 2 rings (SSSR count). The maximum atomic E-state index is 11.7. The fourth-order valence-corrected chi connectivity index (χ4v) is 1.52. The van der Waals surface area contributed by atoms with Crippen LogP contribution in [0.4, 0.5) is 0 Å². The van der Waals surface area contributed by atoms with E-state index < -0.39 is 17.4 Å². The van der Waals surface area contributed by atoms with Crippen molar-refractivity contribution in [1.82, 2.24) is 5.43 Å². The molecule has 0 bridgehead atoms. The van der Waals surface area contributed by atoms with Crippen molar-refractivity contribution in [3.05, 3.63) is 47.5 Å². The molecule has 0 aliphatic heterocycles. The number of aromatic hydroxyl groups is 4. The summed E-state index contributed by atoms with van der Waals surface area (Å²) in [6.45, 7) is 0. The molecule has 1 amide bonds. The number of hydrogen-bond acceptors (Lipinski definition) is 6. The molecule has 0 fully saturated rings. The first kappa shape index (κ1) is 14.2. The second-order valence-electron chi connectivity index (χ2n) is 4.15. The van der Waals surface area contributed by atoms with E-state index >= 15 is 0 Å². The second kappa shape index (κ2) is 5.83. The van der Waals surface area contributed by atoms with Gasteiger partial charge in [-0.25, -0.2) is 5.43 Å². The fourth-order valence-electron chi connectivity index (χ4n) is 1.52. The van der Waals surface area contributed by atoms with Gasteiger partial charge in [0, 0.05) is 17.2 Å². The molecular weight excluding hydrogens is 276 g/mol. The van der Waals surface area contributed by atoms with Crippen molar-refractivity contribution in [1.29, 1.82) is 0 Å². The molecule has 7 nitrogen and oxygen atoms in total. The van der Waals surface area contributed by atoms with E-state index in [0.717, 1.165) is 18.3 Å². The Morgan fingerprint density at radius 2 is 1.57 bits per heavy atom. The molecule has 0 saturated carbocycles. The van der Waals surface area contributed by atoms with Crippen LogP contribution < -0.4 is 5.43 Å². The highest BCUT2D eigenvalue weighted by molar-refractivity contribution is 5.95. The molecule has 0 radical (unpaired) electrons. The zero-order chi connectivity index (χ0) is 15.4. The lowest BCUT2D eigenvalue weighted by Crippen LogP contribution is -2.17. The lowest BCUT2D eigenvalue weighted by Gasteiger charge is -2.03. The van der Waals surface area contributed by atoms with Crippen molar-refractivity contribution in [3.63, 3.8) is 0 Å². The highest BCUT2D eigenvalue weighted by Crippen LogP contribution is 2.31. The Hall–Kier alpha value is -3.22. The van der Waals surface area contributed by atoms with Gasteiger partial charge in [0.1, 0.15) is 11.5 Å². The summed E-state index contributed by atoms with van der Waals surface area (Å²) in [5, 5.41) is 40.7. The normalized spacial score (nSPS) is 10.7. The predicted molar refractivity (Wildman–Crippen MR) is 74.6 cm³/mol. The molecular formula is C14H12N2O5. The van der Waals surface area contributed by atoms with Gasteiger partial charge in [0.15, 0.2) is 11.5 Å². The van der Waals surface area contributed by atoms with Crippen LogP contribution >= 0.6 is 0 Å². The van der Waals surface area contributed by atoms with Crippen LogP contribution in [0.5, 0.6) is 23.0 Å². The number of carbonyl (C=O) groups excluding carboxylic acids is 1. The van der Waals surface area contributed by atoms with Crippen LogP contribution in [0.25, 0.3) is 0 Å². The Labute approximate surface area is 119 Å². The van der Waals surface area contributed by atoms with Crippen molar-refractivity contribution >= 4 is 12.1 Å². The summed E-state index contributed by atoms with van der Waals surface area (Å²) in [6, 6.07) is 7.62. The van der Waals surface area contributed by atoms with Crippen LogP contribution in [-0.2, 0) is 0 Å². The van der Waals surface area contributed by atoms with Crippen LogP contribution in [0.3, 0.4) is 0 Å². The summed E-state index contributed by atoms with van der Waals surface area (Å²) in [6.07, 6.45) is 1.12. The molecule has 0 unspecified atom stereocenters. The summed E-state index contributed by atoms with van der Waals surface area (Å²) >= 11 is 0. The number of hydrogen-bond donors (Lipinski definition) is 5. The van der Waals surface area contributed by atoms with Gasteiger partial charge in [0.05, 0.1) is 6.21 Å². The van der Waals surface area contributed by atoms with Crippen LogP contribution in [0.2, 0.25) is 0 Å². The third-order valence-corrected chi connectivity index (χ3v) is 2.62. The largest absolute Gasteiger partial charge is 0.508 e. The monoisotopic (exact) mass is 288 g/mol. The highest BCUT2D eigenvalue weighted by Gasteiger charge is 2.07. The Bertz CT molecular complexity index is 695. The first-order valence-electron chi connectivity index (χ1n) is 5.85. The molecule has 0 saturated heterocycles. The Morgan fingerprint density at radius 1 is 0.952 bits per heavy atom. The maximum absolute atomic E-state index is 11.7. The molecule has 0 spiro atoms. The molecule has 0 aromatic heterocycles. The lowest BCUT2D eigenvalue weighted by atomic mass is 10.2. The minimum atomic E-state index is -0.506. The van der Waals surface area contributed by atoms with Gasteiger partial charge >= 0.3 is 0 Å². The molecule has 0 aliphatic carbocycles. The van der Waals surface area contributed by atoms with Gasteiger partial charge in [-0.1, -0.05) is 0 Å². The molecule has 7 heteroatoms. The van der Waals surface area contributed by atoms with Crippen molar-refractivity contribution in [2.75, 3.05) is 0 Å². The van der Waals surface area contributed by atoms with Gasteiger partial charge < -0.3 is 20.4 Å². The third kappa shape index (κ3) is 3.41. The van der Waals surface area contributed by atoms with Crippen molar-refractivity contribution < 1.29 is 25.2 Å². The highest BCUT2D eigenvalue weighted by atomic mass is 16.3. The SMILES string of the molecule is O=C(NN=Cc1cc(O)c(O)cc1O)c1ccc(O)cc1. The minimum Gasteiger partial charge on any atom is -0.508 e. The summed E-state index contributed by atoms with van der Waals surface area (Å²) in [5.41, 5.74) is 2.64. The number of nitrogens with one attached hydrogen (secondary N) is 1. The molecule has 2 aromatic rings. The number of carbonyl (C=O) groups is 1. The summed E-state index contributed by atoms with van der Waals surface area (Å²) in [5.74, 6) is -1.64. The quantitative estimate of drug-likeness (QED) is 0.252. The van der Waals surface area contributed by atoms with Crippen LogP contribution in [0, 0.1) is 0 Å². The summed E-state index contributed by atoms with van der Waals surface area (Å²) in [7, 11) is 0. The van der Waals surface area contributed by atoms with Crippen molar-refractivity contribution in [2.24, 2.45) is 5.10 Å². The van der Waals surface area contributed by atoms with E-state index in [2.05, 4.69) is 10.5 Å². The average Bonchev–Trinajstić information content (AvgIpc) is 2.45. The number of amides is 1.